The van der Waals surface area contributed by atoms with Gasteiger partial charge in [-0.3, -0.25) is 4.90 Å². The topological polar surface area (TPSA) is 88.4 Å². The lowest BCUT2D eigenvalue weighted by molar-refractivity contribution is -0.117. The van der Waals surface area contributed by atoms with Gasteiger partial charge in [0.05, 0.1) is 13.2 Å². The van der Waals surface area contributed by atoms with Crippen LogP contribution in [0.5, 0.6) is 5.75 Å². The third-order valence-corrected chi connectivity index (χ3v) is 9.22. The highest BCUT2D eigenvalue weighted by molar-refractivity contribution is 5.94. The number of anilines is 3. The molecule has 7 rings (SSSR count). The number of benzene rings is 3. The largest absolute Gasteiger partial charge is 0.488 e. The molecule has 0 radical (unpaired) electrons. The Labute approximate surface area is 278 Å². The molecule has 0 spiro atoms. The molecule has 3 aliphatic rings. The zero-order chi connectivity index (χ0) is 33.3. The standard InChI is InChI=1S/C35H39F2N7O4/c1-25(2)43-17-18-44(34(43)45)29-6-4-27(5-7-29)40-13-15-41(16-14-40)28-8-10-30(11-9-28)46-20-33-47-22-35(48-33,21-42-24-38-23-39-42)31-12-3-26(36)19-32(31)37/h3-12,19,23-25,33H,13-18,20-22H2,1-2H3/t33-,35-/m0/s1. The van der Waals surface area contributed by atoms with Gasteiger partial charge < -0.3 is 28.9 Å². The molecule has 3 aromatic carbocycles. The van der Waals surface area contributed by atoms with Crippen LogP contribution in [0.15, 0.2) is 79.4 Å². The first-order chi connectivity index (χ1) is 23.3. The maximum Gasteiger partial charge on any atom is 0.324 e. The van der Waals surface area contributed by atoms with Gasteiger partial charge in [0.2, 0.25) is 0 Å². The van der Waals surface area contributed by atoms with Gasteiger partial charge in [0.1, 0.15) is 42.2 Å². The van der Waals surface area contributed by atoms with E-state index in [1.807, 2.05) is 60.0 Å². The Bertz CT molecular complexity index is 1700. The number of nitrogens with zero attached hydrogens (tertiary/aromatic N) is 7. The minimum Gasteiger partial charge on any atom is -0.488 e. The summed E-state index contributed by atoms with van der Waals surface area (Å²) < 4.78 is 48.2. The Hall–Kier alpha value is -4.75. The summed E-state index contributed by atoms with van der Waals surface area (Å²) in [4.78, 5) is 25.2. The second kappa shape index (κ2) is 13.4. The van der Waals surface area contributed by atoms with Gasteiger partial charge in [0.25, 0.3) is 0 Å². The van der Waals surface area contributed by atoms with E-state index in [1.165, 1.54) is 29.5 Å². The Morgan fingerprint density at radius 1 is 0.896 bits per heavy atom. The second-order valence-electron chi connectivity index (χ2n) is 12.6. The Balaban J connectivity index is 0.914. The lowest BCUT2D eigenvalue weighted by Gasteiger charge is -2.37. The Morgan fingerprint density at radius 3 is 2.17 bits per heavy atom. The summed E-state index contributed by atoms with van der Waals surface area (Å²) in [6.07, 6.45) is 2.12. The van der Waals surface area contributed by atoms with Crippen molar-refractivity contribution in [2.45, 2.75) is 38.3 Å². The van der Waals surface area contributed by atoms with Crippen LogP contribution in [0.3, 0.4) is 0 Å². The van der Waals surface area contributed by atoms with Crippen LogP contribution in [0.2, 0.25) is 0 Å². The van der Waals surface area contributed by atoms with Crippen molar-refractivity contribution in [1.29, 1.82) is 0 Å². The number of urea groups is 1. The van der Waals surface area contributed by atoms with Crippen molar-refractivity contribution in [3.8, 4) is 5.75 Å². The molecule has 13 heteroatoms. The fourth-order valence-corrected chi connectivity index (χ4v) is 6.63. The average Bonchev–Trinajstić information content (AvgIpc) is 3.85. The first-order valence-electron chi connectivity index (χ1n) is 16.3. The molecule has 2 atom stereocenters. The van der Waals surface area contributed by atoms with Gasteiger partial charge in [-0.1, -0.05) is 6.07 Å². The zero-order valence-electron chi connectivity index (χ0n) is 27.0. The molecule has 3 aliphatic heterocycles. The molecule has 2 amide bonds. The Morgan fingerprint density at radius 2 is 1.56 bits per heavy atom. The smallest absolute Gasteiger partial charge is 0.324 e. The minimum absolute atomic E-state index is 0.0354. The SMILES string of the molecule is CC(C)N1CCN(c2ccc(N3CCN(c4ccc(OC[C@H]5OC[C@@](Cn6cncn6)(c6ccc(F)cc6F)O5)cc4)CC3)cc2)C1=O. The summed E-state index contributed by atoms with van der Waals surface area (Å²) in [6.45, 7) is 9.31. The quantitative estimate of drug-likeness (QED) is 0.238. The molecule has 11 nitrogen and oxygen atoms in total. The molecule has 252 valence electrons. The van der Waals surface area contributed by atoms with Gasteiger partial charge in [-0.2, -0.15) is 5.10 Å². The minimum atomic E-state index is -1.23. The third kappa shape index (κ3) is 6.52. The zero-order valence-corrected chi connectivity index (χ0v) is 27.0. The van der Waals surface area contributed by atoms with Gasteiger partial charge in [-0.05, 0) is 68.4 Å². The molecule has 4 aromatic rings. The predicted octanol–water partition coefficient (Wildman–Crippen LogP) is 4.88. The molecule has 0 bridgehead atoms. The van der Waals surface area contributed by atoms with Crippen LogP contribution in [0.4, 0.5) is 30.6 Å². The van der Waals surface area contributed by atoms with E-state index in [0.717, 1.165) is 55.9 Å². The summed E-state index contributed by atoms with van der Waals surface area (Å²) in [5.41, 5.74) is 2.15. The Kier molecular flexibility index (Phi) is 8.88. The molecule has 48 heavy (non-hydrogen) atoms. The number of piperazine rings is 1. The van der Waals surface area contributed by atoms with Crippen molar-refractivity contribution in [2.24, 2.45) is 0 Å². The van der Waals surface area contributed by atoms with E-state index in [2.05, 4.69) is 32.0 Å². The molecule has 0 saturated carbocycles. The van der Waals surface area contributed by atoms with E-state index in [9.17, 15) is 13.6 Å². The van der Waals surface area contributed by atoms with Crippen LogP contribution in [-0.2, 0) is 21.6 Å². The number of hydrogen-bond donors (Lipinski definition) is 0. The predicted molar refractivity (Wildman–Crippen MR) is 176 cm³/mol. The number of amides is 2. The maximum absolute atomic E-state index is 14.9. The fourth-order valence-electron chi connectivity index (χ4n) is 6.63. The van der Waals surface area contributed by atoms with Gasteiger partial charge in [0.15, 0.2) is 6.29 Å². The van der Waals surface area contributed by atoms with Crippen molar-refractivity contribution in [3.05, 3.63) is 96.6 Å². The monoisotopic (exact) mass is 659 g/mol. The van der Waals surface area contributed by atoms with Crippen LogP contribution in [0, 0.1) is 11.6 Å². The molecular weight excluding hydrogens is 620 g/mol. The van der Waals surface area contributed by atoms with E-state index < -0.39 is 23.5 Å². The molecule has 4 heterocycles. The normalized spacial score (nSPS) is 21.5. The molecule has 0 aliphatic carbocycles. The molecule has 3 fully saturated rings. The lowest BCUT2D eigenvalue weighted by atomic mass is 9.94. The van der Waals surface area contributed by atoms with Gasteiger partial charge in [-0.25, -0.2) is 23.2 Å². The lowest BCUT2D eigenvalue weighted by Crippen LogP contribution is -2.46. The summed E-state index contributed by atoms with van der Waals surface area (Å²) in [5.74, 6) is -0.736. The number of aromatic nitrogens is 3. The number of carbonyl (C=O) groups is 1. The van der Waals surface area contributed by atoms with Crippen LogP contribution in [0.25, 0.3) is 0 Å². The van der Waals surface area contributed by atoms with Gasteiger partial charge >= 0.3 is 6.03 Å². The summed E-state index contributed by atoms with van der Waals surface area (Å²) in [6, 6.07) is 19.9. The number of halogens is 2. The first kappa shape index (κ1) is 31.8. The molecule has 1 aromatic heterocycles. The van der Waals surface area contributed by atoms with E-state index >= 15 is 0 Å². The summed E-state index contributed by atoms with van der Waals surface area (Å²) >= 11 is 0. The van der Waals surface area contributed by atoms with E-state index in [1.54, 1.807) is 0 Å². The van der Waals surface area contributed by atoms with Crippen LogP contribution < -0.4 is 19.4 Å². The number of ether oxygens (including phenoxy) is 3. The number of carbonyl (C=O) groups excluding carboxylic acids is 1. The van der Waals surface area contributed by atoms with E-state index in [-0.39, 0.29) is 37.4 Å². The summed E-state index contributed by atoms with van der Waals surface area (Å²) in [7, 11) is 0. The van der Waals surface area contributed by atoms with Crippen molar-refractivity contribution >= 4 is 23.1 Å². The molecule has 3 saturated heterocycles. The third-order valence-electron chi connectivity index (χ3n) is 9.22. The fraction of sp³-hybridized carbons (Fsp3) is 0.400. The highest BCUT2D eigenvalue weighted by Gasteiger charge is 2.45. The molecule has 0 N–H and O–H groups in total. The highest BCUT2D eigenvalue weighted by atomic mass is 19.1. The van der Waals surface area contributed by atoms with E-state index in [4.69, 9.17) is 14.2 Å². The molecular formula is C35H39F2N7O4. The number of rotatable bonds is 10. The number of hydrogen-bond acceptors (Lipinski definition) is 8. The van der Waals surface area contributed by atoms with Gasteiger partial charge in [-0.15, -0.1) is 0 Å². The van der Waals surface area contributed by atoms with Crippen LogP contribution >= 0.6 is 0 Å². The van der Waals surface area contributed by atoms with Crippen molar-refractivity contribution in [1.82, 2.24) is 19.7 Å². The van der Waals surface area contributed by atoms with E-state index in [0.29, 0.717) is 12.3 Å². The highest BCUT2D eigenvalue weighted by Crippen LogP contribution is 2.37. The van der Waals surface area contributed by atoms with Crippen LogP contribution in [-0.4, -0.2) is 90.5 Å². The first-order valence-corrected chi connectivity index (χ1v) is 16.3. The van der Waals surface area contributed by atoms with Crippen molar-refractivity contribution in [3.63, 3.8) is 0 Å². The van der Waals surface area contributed by atoms with Crippen molar-refractivity contribution < 1.29 is 27.8 Å². The van der Waals surface area contributed by atoms with Crippen LogP contribution in [0.1, 0.15) is 19.4 Å². The van der Waals surface area contributed by atoms with Crippen molar-refractivity contribution in [2.75, 3.05) is 67.2 Å². The average molecular weight is 660 g/mol. The maximum atomic E-state index is 14.9. The molecule has 0 unspecified atom stereocenters. The summed E-state index contributed by atoms with van der Waals surface area (Å²) in [5, 5.41) is 4.13. The second-order valence-corrected chi connectivity index (χ2v) is 12.6. The van der Waals surface area contributed by atoms with Gasteiger partial charge in [0, 0.05) is 74.0 Å².